The topological polar surface area (TPSA) is 0 Å². The smallest absolute Gasteiger partial charge is 0.0314 e. The van der Waals surface area contributed by atoms with Gasteiger partial charge in [0.1, 0.15) is 0 Å². The first-order valence-corrected chi connectivity index (χ1v) is 11.7. The lowest BCUT2D eigenvalue weighted by Crippen LogP contribution is -2.31. The van der Waals surface area contributed by atoms with E-state index in [0.29, 0.717) is 5.41 Å². The maximum Gasteiger partial charge on any atom is -0.0314 e. The largest absolute Gasteiger partial charge is 0.0843 e. The monoisotopic (exact) mass is 358 g/mol. The molecule has 2 aliphatic rings. The SMILES string of the molecule is CCC1=CC=CCC(C(CCC2CCC2)CC(C)(C)C(C)C(C)C)CC1. The first-order chi connectivity index (χ1) is 12.3. The van der Waals surface area contributed by atoms with Gasteiger partial charge in [-0.25, -0.2) is 0 Å². The van der Waals surface area contributed by atoms with Crippen molar-refractivity contribution < 1.29 is 0 Å². The van der Waals surface area contributed by atoms with Gasteiger partial charge in [-0.05, 0) is 73.5 Å². The highest BCUT2D eigenvalue weighted by Crippen LogP contribution is 2.44. The van der Waals surface area contributed by atoms with Gasteiger partial charge < -0.3 is 0 Å². The third kappa shape index (κ3) is 6.28. The van der Waals surface area contributed by atoms with E-state index in [2.05, 4.69) is 59.8 Å². The standard InChI is InChI=1S/C26H46/c1-7-22-11-8-9-14-24(17-15-22)25(18-16-23-12-10-13-23)19-26(5,6)21(4)20(2)3/h8-9,11,20-21,23-25H,7,10,12-19H2,1-6H3. The summed E-state index contributed by atoms with van der Waals surface area (Å²) in [6.45, 7) is 14.7. The molecule has 150 valence electrons. The summed E-state index contributed by atoms with van der Waals surface area (Å²) in [5.41, 5.74) is 2.10. The molecular weight excluding hydrogens is 312 g/mol. The highest BCUT2D eigenvalue weighted by Gasteiger charge is 2.34. The van der Waals surface area contributed by atoms with Crippen molar-refractivity contribution in [3.8, 4) is 0 Å². The van der Waals surface area contributed by atoms with Crippen molar-refractivity contribution in [2.24, 2.45) is 35.0 Å². The van der Waals surface area contributed by atoms with Crippen LogP contribution in [0.15, 0.2) is 23.8 Å². The Morgan fingerprint density at radius 1 is 1.12 bits per heavy atom. The van der Waals surface area contributed by atoms with Crippen molar-refractivity contribution in [2.75, 3.05) is 0 Å². The van der Waals surface area contributed by atoms with Crippen LogP contribution in [0.4, 0.5) is 0 Å². The molecule has 3 atom stereocenters. The van der Waals surface area contributed by atoms with Gasteiger partial charge in [0.05, 0.1) is 0 Å². The van der Waals surface area contributed by atoms with Gasteiger partial charge >= 0.3 is 0 Å². The minimum absolute atomic E-state index is 0.452. The number of allylic oxidation sites excluding steroid dienone is 4. The van der Waals surface area contributed by atoms with Crippen molar-refractivity contribution in [1.29, 1.82) is 0 Å². The van der Waals surface area contributed by atoms with E-state index in [1.54, 1.807) is 5.57 Å². The second-order valence-electron chi connectivity index (χ2n) is 10.5. The minimum atomic E-state index is 0.452. The molecule has 0 aromatic carbocycles. The molecule has 26 heavy (non-hydrogen) atoms. The summed E-state index contributed by atoms with van der Waals surface area (Å²) >= 11 is 0. The van der Waals surface area contributed by atoms with Crippen LogP contribution < -0.4 is 0 Å². The molecule has 0 nitrogen and oxygen atoms in total. The number of rotatable bonds is 9. The van der Waals surface area contributed by atoms with E-state index in [1.807, 2.05) is 0 Å². The second kappa shape index (κ2) is 10.1. The molecule has 0 bridgehead atoms. The zero-order chi connectivity index (χ0) is 19.2. The quantitative estimate of drug-likeness (QED) is 0.387. The van der Waals surface area contributed by atoms with E-state index in [0.717, 1.165) is 29.6 Å². The maximum atomic E-state index is 2.55. The van der Waals surface area contributed by atoms with Gasteiger partial charge in [-0.1, -0.05) is 91.0 Å². The first kappa shape index (κ1) is 21.8. The van der Waals surface area contributed by atoms with Crippen LogP contribution in [0.3, 0.4) is 0 Å². The van der Waals surface area contributed by atoms with Crippen molar-refractivity contribution in [2.45, 2.75) is 106 Å². The lowest BCUT2D eigenvalue weighted by atomic mass is 9.65. The normalized spacial score (nSPS) is 24.6. The third-order valence-corrected chi connectivity index (χ3v) is 8.06. The Kier molecular flexibility index (Phi) is 8.49. The summed E-state index contributed by atoms with van der Waals surface area (Å²) in [5, 5.41) is 0. The van der Waals surface area contributed by atoms with E-state index in [4.69, 9.17) is 0 Å². The predicted molar refractivity (Wildman–Crippen MR) is 117 cm³/mol. The van der Waals surface area contributed by atoms with Crippen molar-refractivity contribution in [3.05, 3.63) is 23.8 Å². The minimum Gasteiger partial charge on any atom is -0.0843 e. The molecule has 0 heteroatoms. The lowest BCUT2D eigenvalue weighted by molar-refractivity contribution is 0.0987. The molecule has 0 heterocycles. The highest BCUT2D eigenvalue weighted by molar-refractivity contribution is 5.14. The summed E-state index contributed by atoms with van der Waals surface area (Å²) in [6.07, 6.45) is 21.3. The van der Waals surface area contributed by atoms with Crippen LogP contribution in [-0.4, -0.2) is 0 Å². The molecule has 3 unspecified atom stereocenters. The Labute approximate surface area is 164 Å². The number of hydrogen-bond acceptors (Lipinski definition) is 0. The summed E-state index contributed by atoms with van der Waals surface area (Å²) < 4.78 is 0. The van der Waals surface area contributed by atoms with Crippen LogP contribution >= 0.6 is 0 Å². The van der Waals surface area contributed by atoms with Crippen LogP contribution in [0.25, 0.3) is 0 Å². The Balaban J connectivity index is 2.06. The highest BCUT2D eigenvalue weighted by atomic mass is 14.4. The first-order valence-electron chi connectivity index (χ1n) is 11.7. The second-order valence-corrected chi connectivity index (χ2v) is 10.5. The Morgan fingerprint density at radius 3 is 2.42 bits per heavy atom. The average Bonchev–Trinajstić information content (AvgIpc) is 2.52. The average molecular weight is 359 g/mol. The summed E-state index contributed by atoms with van der Waals surface area (Å²) in [6, 6.07) is 0. The van der Waals surface area contributed by atoms with Gasteiger partial charge in [0.25, 0.3) is 0 Å². The Morgan fingerprint density at radius 2 is 1.85 bits per heavy atom. The molecule has 0 spiro atoms. The Hall–Kier alpha value is -0.520. The molecule has 0 aliphatic heterocycles. The molecule has 0 aromatic heterocycles. The van der Waals surface area contributed by atoms with Gasteiger partial charge in [-0.15, -0.1) is 0 Å². The molecule has 1 saturated carbocycles. The van der Waals surface area contributed by atoms with Gasteiger partial charge in [0, 0.05) is 0 Å². The molecule has 2 aliphatic carbocycles. The fourth-order valence-electron chi connectivity index (χ4n) is 5.25. The zero-order valence-corrected chi connectivity index (χ0v) is 18.7. The van der Waals surface area contributed by atoms with Gasteiger partial charge in [0.2, 0.25) is 0 Å². The lowest BCUT2D eigenvalue weighted by Gasteiger charge is -2.41. The maximum absolute atomic E-state index is 2.55. The third-order valence-electron chi connectivity index (χ3n) is 8.06. The van der Waals surface area contributed by atoms with Gasteiger partial charge in [-0.3, -0.25) is 0 Å². The summed E-state index contributed by atoms with van der Waals surface area (Å²) in [7, 11) is 0. The molecule has 0 N–H and O–H groups in total. The van der Waals surface area contributed by atoms with Crippen LogP contribution in [0.2, 0.25) is 0 Å². The molecule has 0 amide bonds. The van der Waals surface area contributed by atoms with Crippen LogP contribution in [0.1, 0.15) is 106 Å². The van der Waals surface area contributed by atoms with Gasteiger partial charge in [-0.2, -0.15) is 0 Å². The molecule has 0 aromatic rings. The number of hydrogen-bond donors (Lipinski definition) is 0. The van der Waals surface area contributed by atoms with Crippen molar-refractivity contribution >= 4 is 0 Å². The summed E-state index contributed by atoms with van der Waals surface area (Å²) in [5.74, 6) is 4.43. The van der Waals surface area contributed by atoms with E-state index in [1.165, 1.54) is 64.2 Å². The van der Waals surface area contributed by atoms with E-state index >= 15 is 0 Å². The van der Waals surface area contributed by atoms with Crippen molar-refractivity contribution in [3.63, 3.8) is 0 Å². The van der Waals surface area contributed by atoms with Crippen LogP contribution in [0, 0.1) is 35.0 Å². The molecule has 2 rings (SSSR count). The fraction of sp³-hybridized carbons (Fsp3) is 0.846. The molecule has 0 saturated heterocycles. The van der Waals surface area contributed by atoms with E-state index in [9.17, 15) is 0 Å². The van der Waals surface area contributed by atoms with Crippen molar-refractivity contribution in [1.82, 2.24) is 0 Å². The van der Waals surface area contributed by atoms with Crippen LogP contribution in [0.5, 0.6) is 0 Å². The summed E-state index contributed by atoms with van der Waals surface area (Å²) in [4.78, 5) is 0. The molecule has 1 fully saturated rings. The predicted octanol–water partition coefficient (Wildman–Crippen LogP) is 8.58. The van der Waals surface area contributed by atoms with Crippen LogP contribution in [-0.2, 0) is 0 Å². The Bertz CT molecular complexity index is 460. The fourth-order valence-corrected chi connectivity index (χ4v) is 5.25. The van der Waals surface area contributed by atoms with Gasteiger partial charge in [0.15, 0.2) is 0 Å². The molecule has 0 radical (unpaired) electrons. The zero-order valence-electron chi connectivity index (χ0n) is 18.7. The molecular formula is C26H46. The van der Waals surface area contributed by atoms with E-state index < -0.39 is 0 Å². The van der Waals surface area contributed by atoms with E-state index in [-0.39, 0.29) is 0 Å².